The van der Waals surface area contributed by atoms with E-state index in [9.17, 15) is 9.90 Å². The van der Waals surface area contributed by atoms with Crippen molar-refractivity contribution in [3.63, 3.8) is 0 Å². The van der Waals surface area contributed by atoms with E-state index in [0.717, 1.165) is 32.3 Å². The summed E-state index contributed by atoms with van der Waals surface area (Å²) in [7, 11) is 0. The van der Waals surface area contributed by atoms with Crippen molar-refractivity contribution in [3.05, 3.63) is 11.7 Å². The zero-order chi connectivity index (χ0) is 14.1. The van der Waals surface area contributed by atoms with E-state index in [2.05, 4.69) is 17.1 Å². The molecule has 0 spiro atoms. The zero-order valence-electron chi connectivity index (χ0n) is 11.6. The monoisotopic (exact) mass is 280 g/mol. The molecular weight excluding hydrogens is 260 g/mol. The molecule has 4 unspecified atom stereocenters. The van der Waals surface area contributed by atoms with Crippen molar-refractivity contribution in [2.45, 2.75) is 51.0 Å². The Kier molecular flexibility index (Phi) is 3.74. The lowest BCUT2D eigenvalue weighted by molar-refractivity contribution is -0.142. The Morgan fingerprint density at radius 3 is 2.95 bits per heavy atom. The Morgan fingerprint density at radius 2 is 2.30 bits per heavy atom. The van der Waals surface area contributed by atoms with Crippen LogP contribution in [0.25, 0.3) is 0 Å². The molecule has 3 rings (SSSR count). The summed E-state index contributed by atoms with van der Waals surface area (Å²) in [5.41, 5.74) is 0. The molecule has 2 aliphatic rings. The van der Waals surface area contributed by atoms with Crippen LogP contribution in [0.1, 0.15) is 62.8 Å². The van der Waals surface area contributed by atoms with E-state index in [1.165, 1.54) is 0 Å². The summed E-state index contributed by atoms with van der Waals surface area (Å²) < 4.78 is 10.9. The first-order valence-electron chi connectivity index (χ1n) is 7.37. The number of rotatable bonds is 4. The molecular formula is C14H20N2O4. The highest BCUT2D eigenvalue weighted by atomic mass is 16.5. The SMILES string of the molecule is CCC1CC(C(=O)O)C(c2nc(C3CCCO3)no2)C1. The fourth-order valence-corrected chi connectivity index (χ4v) is 3.33. The second-order valence-corrected chi connectivity index (χ2v) is 5.79. The maximum atomic E-state index is 11.4. The lowest BCUT2D eigenvalue weighted by Crippen LogP contribution is -2.17. The van der Waals surface area contributed by atoms with Gasteiger partial charge in [0, 0.05) is 6.61 Å². The first-order chi connectivity index (χ1) is 9.69. The fourth-order valence-electron chi connectivity index (χ4n) is 3.33. The average Bonchev–Trinajstić information content (AvgIpc) is 3.17. The topological polar surface area (TPSA) is 85.5 Å². The molecule has 1 N–H and O–H groups in total. The van der Waals surface area contributed by atoms with E-state index in [4.69, 9.17) is 9.26 Å². The van der Waals surface area contributed by atoms with E-state index in [1.54, 1.807) is 0 Å². The van der Waals surface area contributed by atoms with E-state index in [1.807, 2.05) is 0 Å². The number of carboxylic acids is 1. The number of aromatic nitrogens is 2. The molecule has 1 aromatic rings. The summed E-state index contributed by atoms with van der Waals surface area (Å²) in [6.45, 7) is 2.82. The van der Waals surface area contributed by atoms with Gasteiger partial charge in [0.05, 0.1) is 11.8 Å². The summed E-state index contributed by atoms with van der Waals surface area (Å²) in [4.78, 5) is 15.8. The zero-order valence-corrected chi connectivity index (χ0v) is 11.6. The predicted octanol–water partition coefficient (Wildman–Crippen LogP) is 2.53. The molecule has 2 fully saturated rings. The standard InChI is InChI=1S/C14H20N2O4/c1-2-8-6-9(10(7-8)14(17)18)13-15-12(16-20-13)11-4-3-5-19-11/h8-11H,2-7H2,1H3,(H,17,18). The first kappa shape index (κ1) is 13.5. The Hall–Kier alpha value is -1.43. The largest absolute Gasteiger partial charge is 0.481 e. The maximum absolute atomic E-state index is 11.4. The molecule has 1 aliphatic heterocycles. The minimum atomic E-state index is -0.761. The molecule has 6 nitrogen and oxygen atoms in total. The lowest BCUT2D eigenvalue weighted by Gasteiger charge is -2.10. The third-order valence-electron chi connectivity index (χ3n) is 4.55. The van der Waals surface area contributed by atoms with Gasteiger partial charge in [0.1, 0.15) is 6.10 Å². The van der Waals surface area contributed by atoms with Crippen LogP contribution >= 0.6 is 0 Å². The van der Waals surface area contributed by atoms with Gasteiger partial charge in [-0.15, -0.1) is 0 Å². The first-order valence-corrected chi connectivity index (χ1v) is 7.37. The van der Waals surface area contributed by atoms with Crippen LogP contribution in [-0.2, 0) is 9.53 Å². The summed E-state index contributed by atoms with van der Waals surface area (Å²) >= 11 is 0. The van der Waals surface area contributed by atoms with Gasteiger partial charge >= 0.3 is 5.97 Å². The van der Waals surface area contributed by atoms with Crippen molar-refractivity contribution in [2.75, 3.05) is 6.61 Å². The van der Waals surface area contributed by atoms with Crippen molar-refractivity contribution in [1.82, 2.24) is 10.1 Å². The van der Waals surface area contributed by atoms with E-state index < -0.39 is 11.9 Å². The molecule has 1 aliphatic carbocycles. The lowest BCUT2D eigenvalue weighted by atomic mass is 9.96. The second kappa shape index (κ2) is 5.52. The summed E-state index contributed by atoms with van der Waals surface area (Å²) in [6.07, 6.45) is 4.35. The highest BCUT2D eigenvalue weighted by Gasteiger charge is 2.42. The van der Waals surface area contributed by atoms with Crippen LogP contribution in [0, 0.1) is 11.8 Å². The number of ether oxygens (including phenoxy) is 1. The van der Waals surface area contributed by atoms with E-state index in [-0.39, 0.29) is 12.0 Å². The van der Waals surface area contributed by atoms with Gasteiger partial charge in [-0.1, -0.05) is 18.5 Å². The van der Waals surface area contributed by atoms with Crippen molar-refractivity contribution in [2.24, 2.45) is 11.8 Å². The highest BCUT2D eigenvalue weighted by Crippen LogP contribution is 2.44. The number of aliphatic carboxylic acids is 1. The van der Waals surface area contributed by atoms with Gasteiger partial charge in [0.2, 0.25) is 11.7 Å². The number of carbonyl (C=O) groups is 1. The molecule has 2 heterocycles. The van der Waals surface area contributed by atoms with Crippen LogP contribution in [0.4, 0.5) is 0 Å². The molecule has 0 bridgehead atoms. The molecule has 1 saturated carbocycles. The normalized spacial score (nSPS) is 33.6. The van der Waals surface area contributed by atoms with Gasteiger partial charge in [0.15, 0.2) is 0 Å². The summed E-state index contributed by atoms with van der Waals surface area (Å²) in [5, 5.41) is 13.3. The Morgan fingerprint density at radius 1 is 1.45 bits per heavy atom. The summed E-state index contributed by atoms with van der Waals surface area (Å²) in [5.74, 6) is 0.153. The molecule has 1 saturated heterocycles. The van der Waals surface area contributed by atoms with Crippen molar-refractivity contribution < 1.29 is 19.2 Å². The van der Waals surface area contributed by atoms with Gasteiger partial charge in [-0.2, -0.15) is 4.98 Å². The molecule has 20 heavy (non-hydrogen) atoms. The summed E-state index contributed by atoms with van der Waals surface area (Å²) in [6, 6.07) is 0. The Labute approximate surface area is 117 Å². The molecule has 0 aromatic carbocycles. The number of hydrogen-bond donors (Lipinski definition) is 1. The van der Waals surface area contributed by atoms with Gasteiger partial charge in [-0.05, 0) is 31.6 Å². The van der Waals surface area contributed by atoms with Crippen molar-refractivity contribution >= 4 is 5.97 Å². The van der Waals surface area contributed by atoms with E-state index >= 15 is 0 Å². The third kappa shape index (κ3) is 2.44. The third-order valence-corrected chi connectivity index (χ3v) is 4.55. The van der Waals surface area contributed by atoms with Crippen LogP contribution in [0.15, 0.2) is 4.52 Å². The number of carboxylic acid groups (broad SMARTS) is 1. The quantitative estimate of drug-likeness (QED) is 0.912. The van der Waals surface area contributed by atoms with Crippen LogP contribution in [0.3, 0.4) is 0 Å². The van der Waals surface area contributed by atoms with Gasteiger partial charge in [-0.3, -0.25) is 4.79 Å². The van der Waals surface area contributed by atoms with Crippen molar-refractivity contribution in [1.29, 1.82) is 0 Å². The molecule has 1 aromatic heterocycles. The minimum Gasteiger partial charge on any atom is -0.481 e. The van der Waals surface area contributed by atoms with Crippen LogP contribution in [-0.4, -0.2) is 27.8 Å². The van der Waals surface area contributed by atoms with Gasteiger partial charge in [-0.25, -0.2) is 0 Å². The highest BCUT2D eigenvalue weighted by molar-refractivity contribution is 5.71. The van der Waals surface area contributed by atoms with Crippen LogP contribution in [0.2, 0.25) is 0 Å². The Bertz CT molecular complexity index is 481. The van der Waals surface area contributed by atoms with Gasteiger partial charge in [0.25, 0.3) is 0 Å². The maximum Gasteiger partial charge on any atom is 0.307 e. The number of hydrogen-bond acceptors (Lipinski definition) is 5. The van der Waals surface area contributed by atoms with Crippen LogP contribution in [0.5, 0.6) is 0 Å². The number of nitrogens with zero attached hydrogens (tertiary/aromatic N) is 2. The smallest absolute Gasteiger partial charge is 0.307 e. The average molecular weight is 280 g/mol. The Balaban J connectivity index is 1.78. The second-order valence-electron chi connectivity index (χ2n) is 5.79. The minimum absolute atomic E-state index is 0.0841. The molecule has 0 radical (unpaired) electrons. The molecule has 110 valence electrons. The van der Waals surface area contributed by atoms with E-state index in [0.29, 0.717) is 24.1 Å². The van der Waals surface area contributed by atoms with Crippen molar-refractivity contribution in [3.8, 4) is 0 Å². The predicted molar refractivity (Wildman–Crippen MR) is 69.1 cm³/mol. The van der Waals surface area contributed by atoms with Gasteiger partial charge < -0.3 is 14.4 Å². The molecule has 0 amide bonds. The molecule has 4 atom stereocenters. The molecule has 6 heteroatoms. The van der Waals surface area contributed by atoms with Crippen LogP contribution < -0.4 is 0 Å². The fraction of sp³-hybridized carbons (Fsp3) is 0.786.